The van der Waals surface area contributed by atoms with Gasteiger partial charge in [-0.05, 0) is 75.0 Å². The summed E-state index contributed by atoms with van der Waals surface area (Å²) in [5.74, 6) is 0.217. The number of unbranched alkanes of at least 4 members (excludes halogenated alkanes) is 1. The first-order valence-corrected chi connectivity index (χ1v) is 13.5. The van der Waals surface area contributed by atoms with Gasteiger partial charge < -0.3 is 14.7 Å². The van der Waals surface area contributed by atoms with Crippen LogP contribution in [-0.4, -0.2) is 47.7 Å². The average Bonchev–Trinajstić information content (AvgIpc) is 3.47. The SMILES string of the molecule is COC(=O)c1ccc(CCCN2C(=O)CCC2CC[C@@H](O)[C@H](C)CCCCc2ccccc2)s1. The second-order valence-corrected chi connectivity index (χ2v) is 10.7. The number of nitrogens with zero attached hydrogens (tertiary/aromatic N) is 1. The summed E-state index contributed by atoms with van der Waals surface area (Å²) in [6.45, 7) is 2.88. The second kappa shape index (κ2) is 13.6. The van der Waals surface area contributed by atoms with Crippen molar-refractivity contribution < 1.29 is 19.4 Å². The summed E-state index contributed by atoms with van der Waals surface area (Å²) in [4.78, 5) is 27.8. The molecule has 3 atom stereocenters. The maximum Gasteiger partial charge on any atom is 0.348 e. The number of esters is 1. The van der Waals surface area contributed by atoms with Gasteiger partial charge in [-0.25, -0.2) is 4.79 Å². The van der Waals surface area contributed by atoms with E-state index in [1.807, 2.05) is 17.0 Å². The zero-order valence-electron chi connectivity index (χ0n) is 20.6. The third-order valence-electron chi connectivity index (χ3n) is 6.99. The number of ether oxygens (including phenoxy) is 1. The minimum absolute atomic E-state index is 0.231. The fourth-order valence-corrected chi connectivity index (χ4v) is 5.79. The Bertz CT molecular complexity index is 897. The molecular formula is C28H39NO4S. The highest BCUT2D eigenvalue weighted by molar-refractivity contribution is 7.13. The molecule has 0 aliphatic carbocycles. The molecule has 0 radical (unpaired) electrons. The van der Waals surface area contributed by atoms with E-state index in [0.717, 1.165) is 69.2 Å². The molecule has 0 saturated carbocycles. The van der Waals surface area contributed by atoms with Gasteiger partial charge in [0.2, 0.25) is 5.91 Å². The third-order valence-corrected chi connectivity index (χ3v) is 8.12. The van der Waals surface area contributed by atoms with Crippen molar-refractivity contribution in [2.45, 2.75) is 83.3 Å². The first-order valence-electron chi connectivity index (χ1n) is 12.7. The summed E-state index contributed by atoms with van der Waals surface area (Å²) >= 11 is 1.46. The van der Waals surface area contributed by atoms with E-state index in [2.05, 4.69) is 31.2 Å². The molecule has 1 N–H and O–H groups in total. The van der Waals surface area contributed by atoms with Crippen LogP contribution in [0.1, 0.15) is 78.4 Å². The van der Waals surface area contributed by atoms with Crippen molar-refractivity contribution in [3.05, 3.63) is 57.8 Å². The molecule has 1 aliphatic heterocycles. The number of carbonyl (C=O) groups excluding carboxylic acids is 2. The summed E-state index contributed by atoms with van der Waals surface area (Å²) in [5.41, 5.74) is 1.38. The number of benzene rings is 1. The summed E-state index contributed by atoms with van der Waals surface area (Å²) < 4.78 is 4.77. The lowest BCUT2D eigenvalue weighted by Crippen LogP contribution is -2.35. The van der Waals surface area contributed by atoms with E-state index in [1.54, 1.807) is 6.07 Å². The number of methoxy groups -OCH3 is 1. The molecular weight excluding hydrogens is 446 g/mol. The van der Waals surface area contributed by atoms with Crippen LogP contribution in [0.3, 0.4) is 0 Å². The highest BCUT2D eigenvalue weighted by atomic mass is 32.1. The first kappa shape index (κ1) is 26.4. The number of amides is 1. The van der Waals surface area contributed by atoms with Crippen molar-refractivity contribution in [3.8, 4) is 0 Å². The topological polar surface area (TPSA) is 66.8 Å². The Labute approximate surface area is 208 Å². The van der Waals surface area contributed by atoms with Crippen molar-refractivity contribution in [1.29, 1.82) is 0 Å². The molecule has 0 bridgehead atoms. The number of likely N-dealkylation sites (tertiary alicyclic amines) is 1. The van der Waals surface area contributed by atoms with Crippen LogP contribution in [0.15, 0.2) is 42.5 Å². The highest BCUT2D eigenvalue weighted by Gasteiger charge is 2.31. The Hall–Kier alpha value is -2.18. The summed E-state index contributed by atoms with van der Waals surface area (Å²) in [5, 5.41) is 10.7. The number of carbonyl (C=O) groups is 2. The molecule has 6 heteroatoms. The molecule has 2 aromatic rings. The van der Waals surface area contributed by atoms with Crippen molar-refractivity contribution >= 4 is 23.2 Å². The zero-order valence-corrected chi connectivity index (χ0v) is 21.4. The maximum absolute atomic E-state index is 12.4. The third kappa shape index (κ3) is 7.95. The predicted molar refractivity (Wildman–Crippen MR) is 137 cm³/mol. The molecule has 5 nitrogen and oxygen atoms in total. The Morgan fingerprint density at radius 2 is 1.91 bits per heavy atom. The van der Waals surface area contributed by atoms with Gasteiger partial charge in [0.15, 0.2) is 0 Å². The van der Waals surface area contributed by atoms with Crippen LogP contribution < -0.4 is 0 Å². The molecule has 1 amide bonds. The standard InChI is InChI=1S/C28H39NO4S/c1-21(9-6-7-12-22-10-4-3-5-11-22)25(30)17-14-23-15-19-27(31)29(23)20-8-13-24-16-18-26(34-24)28(32)33-2/h3-5,10-11,16,18,21,23,25,30H,6-9,12-15,17,19-20H2,1-2H3/t21-,23?,25-/m1/s1. The molecule has 1 aromatic heterocycles. The molecule has 1 fully saturated rings. The van der Waals surface area contributed by atoms with E-state index in [-0.39, 0.29) is 29.9 Å². The number of rotatable bonds is 14. The second-order valence-electron chi connectivity index (χ2n) is 9.49. The average molecular weight is 486 g/mol. The minimum atomic E-state index is -0.308. The largest absolute Gasteiger partial charge is 0.465 e. The van der Waals surface area contributed by atoms with Gasteiger partial charge in [-0.15, -0.1) is 11.3 Å². The van der Waals surface area contributed by atoms with Crippen molar-refractivity contribution in [2.24, 2.45) is 5.92 Å². The monoisotopic (exact) mass is 485 g/mol. The maximum atomic E-state index is 12.4. The summed E-state index contributed by atoms with van der Waals surface area (Å²) in [6, 6.07) is 14.6. The molecule has 1 aliphatic rings. The Morgan fingerprint density at radius 1 is 1.12 bits per heavy atom. The van der Waals surface area contributed by atoms with E-state index in [1.165, 1.54) is 24.0 Å². The number of aliphatic hydroxyl groups excluding tert-OH is 1. The number of thiophene rings is 1. The van der Waals surface area contributed by atoms with E-state index >= 15 is 0 Å². The molecule has 0 spiro atoms. The summed E-state index contributed by atoms with van der Waals surface area (Å²) in [7, 11) is 1.39. The van der Waals surface area contributed by atoms with Crippen molar-refractivity contribution in [1.82, 2.24) is 4.90 Å². The van der Waals surface area contributed by atoms with E-state index in [4.69, 9.17) is 4.74 Å². The molecule has 1 saturated heterocycles. The van der Waals surface area contributed by atoms with E-state index in [9.17, 15) is 14.7 Å². The van der Waals surface area contributed by atoms with Crippen LogP contribution in [0, 0.1) is 5.92 Å². The summed E-state index contributed by atoms with van der Waals surface area (Å²) in [6.07, 6.45) is 8.95. The van der Waals surface area contributed by atoms with Gasteiger partial charge in [-0.3, -0.25) is 4.79 Å². The normalized spacial score (nSPS) is 17.7. The van der Waals surface area contributed by atoms with Crippen LogP contribution in [0.2, 0.25) is 0 Å². The molecule has 186 valence electrons. The Balaban J connectivity index is 1.35. The lowest BCUT2D eigenvalue weighted by Gasteiger charge is -2.27. The van der Waals surface area contributed by atoms with Crippen molar-refractivity contribution in [2.75, 3.05) is 13.7 Å². The predicted octanol–water partition coefficient (Wildman–Crippen LogP) is 5.65. The van der Waals surface area contributed by atoms with Crippen molar-refractivity contribution in [3.63, 3.8) is 0 Å². The highest BCUT2D eigenvalue weighted by Crippen LogP contribution is 2.27. The lowest BCUT2D eigenvalue weighted by atomic mass is 9.92. The van der Waals surface area contributed by atoms with Crippen LogP contribution in [0.4, 0.5) is 0 Å². The Kier molecular flexibility index (Phi) is 10.6. The lowest BCUT2D eigenvalue weighted by molar-refractivity contribution is -0.129. The number of aryl methyl sites for hydroxylation is 2. The Morgan fingerprint density at radius 3 is 2.68 bits per heavy atom. The van der Waals surface area contributed by atoms with Gasteiger partial charge in [0.1, 0.15) is 4.88 Å². The minimum Gasteiger partial charge on any atom is -0.465 e. The van der Waals surface area contributed by atoms with Gasteiger partial charge in [-0.1, -0.05) is 43.7 Å². The van der Waals surface area contributed by atoms with Gasteiger partial charge >= 0.3 is 5.97 Å². The van der Waals surface area contributed by atoms with Gasteiger partial charge in [0, 0.05) is 23.9 Å². The van der Waals surface area contributed by atoms with Gasteiger partial charge in [0.25, 0.3) is 0 Å². The van der Waals surface area contributed by atoms with E-state index in [0.29, 0.717) is 11.3 Å². The van der Waals surface area contributed by atoms with Crippen LogP contribution in [0.5, 0.6) is 0 Å². The number of aliphatic hydroxyl groups is 1. The smallest absolute Gasteiger partial charge is 0.348 e. The number of hydrogen-bond acceptors (Lipinski definition) is 5. The molecule has 34 heavy (non-hydrogen) atoms. The fourth-order valence-electron chi connectivity index (χ4n) is 4.83. The quantitative estimate of drug-likeness (QED) is 0.277. The number of hydrogen-bond donors (Lipinski definition) is 1. The first-order chi connectivity index (χ1) is 16.5. The van der Waals surface area contributed by atoms with Gasteiger partial charge in [-0.2, -0.15) is 0 Å². The molecule has 3 rings (SSSR count). The van der Waals surface area contributed by atoms with Gasteiger partial charge in [0.05, 0.1) is 13.2 Å². The zero-order chi connectivity index (χ0) is 24.3. The van der Waals surface area contributed by atoms with Crippen LogP contribution >= 0.6 is 11.3 Å². The molecule has 2 heterocycles. The van der Waals surface area contributed by atoms with E-state index < -0.39 is 0 Å². The van der Waals surface area contributed by atoms with Crippen LogP contribution in [-0.2, 0) is 22.4 Å². The van der Waals surface area contributed by atoms with Crippen LogP contribution in [0.25, 0.3) is 0 Å². The molecule has 1 unspecified atom stereocenters. The molecule has 1 aromatic carbocycles. The fraction of sp³-hybridized carbons (Fsp3) is 0.571.